The molecule has 1 unspecified atom stereocenters. The van der Waals surface area contributed by atoms with Crippen LogP contribution in [0.2, 0.25) is 24.7 Å². The van der Waals surface area contributed by atoms with Gasteiger partial charge in [0.25, 0.3) is 0 Å². The van der Waals surface area contributed by atoms with Crippen LogP contribution in [0.1, 0.15) is 26.3 Å². The molecule has 1 aromatic rings. The summed E-state index contributed by atoms with van der Waals surface area (Å²) in [5.74, 6) is 0. The first-order valence-electron chi connectivity index (χ1n) is 8.06. The summed E-state index contributed by atoms with van der Waals surface area (Å²) in [6.45, 7) is 9.16. The molecule has 0 aromatic heterocycles. The lowest BCUT2D eigenvalue weighted by Crippen LogP contribution is -2.51. The van der Waals surface area contributed by atoms with Gasteiger partial charge >= 0.3 is 13.3 Å². The van der Waals surface area contributed by atoms with E-state index in [1.807, 2.05) is 0 Å². The molecule has 0 aliphatic rings. The molecular weight excluding hydrogens is 389 g/mol. The third-order valence-corrected chi connectivity index (χ3v) is 6.97. The van der Waals surface area contributed by atoms with E-state index in [-0.39, 0.29) is 23.8 Å². The van der Waals surface area contributed by atoms with Crippen molar-refractivity contribution >= 4 is 27.5 Å². The highest BCUT2D eigenvalue weighted by atomic mass is 35.5. The summed E-state index contributed by atoms with van der Waals surface area (Å²) in [6.07, 6.45) is 0. The van der Waals surface area contributed by atoms with Crippen LogP contribution in [-0.2, 0) is 23.6 Å². The van der Waals surface area contributed by atoms with Crippen LogP contribution in [0, 0.1) is 0 Å². The molecule has 1 aromatic carbocycles. The van der Waals surface area contributed by atoms with E-state index in [0.29, 0.717) is 0 Å². The zero-order valence-electron chi connectivity index (χ0n) is 15.4. The van der Waals surface area contributed by atoms with Crippen molar-refractivity contribution in [3.8, 4) is 0 Å². The molecule has 0 spiro atoms. The Morgan fingerprint density at radius 3 is 2.08 bits per heavy atom. The summed E-state index contributed by atoms with van der Waals surface area (Å²) < 4.78 is 59.8. The fraction of sp³-hybridized carbons (Fsp3) is 0.625. The topological polar surface area (TPSA) is 44.8 Å². The van der Waals surface area contributed by atoms with Gasteiger partial charge in [0.15, 0.2) is 13.9 Å². The van der Waals surface area contributed by atoms with Gasteiger partial charge in [-0.1, -0.05) is 23.7 Å². The standard InChI is InChI=1S/C16H26ClF2O4PSi/c1-7-21-24(20,22-8-2)16(18,19)15(3,23-25(4,5)6)13-10-9-11-14(17)12-13/h9-12H,7-8H2,1-6H3. The van der Waals surface area contributed by atoms with Crippen molar-refractivity contribution in [3.63, 3.8) is 0 Å². The molecule has 1 rings (SSSR count). The fourth-order valence-corrected chi connectivity index (χ4v) is 6.02. The third kappa shape index (κ3) is 4.90. The maximum Gasteiger partial charge on any atom is 0.403 e. The summed E-state index contributed by atoms with van der Waals surface area (Å²) in [6, 6.07) is 5.98. The van der Waals surface area contributed by atoms with E-state index < -0.39 is 27.2 Å². The summed E-state index contributed by atoms with van der Waals surface area (Å²) in [5, 5.41) is 0.279. The van der Waals surface area contributed by atoms with Gasteiger partial charge in [0, 0.05) is 5.02 Å². The van der Waals surface area contributed by atoms with Gasteiger partial charge < -0.3 is 13.5 Å². The zero-order chi connectivity index (χ0) is 19.5. The van der Waals surface area contributed by atoms with Crippen LogP contribution in [0.25, 0.3) is 0 Å². The lowest BCUT2D eigenvalue weighted by atomic mass is 9.96. The average Bonchev–Trinajstić information content (AvgIpc) is 2.45. The molecule has 0 amide bonds. The maximum atomic E-state index is 15.6. The van der Waals surface area contributed by atoms with Gasteiger partial charge in [-0.3, -0.25) is 4.57 Å². The molecule has 1 atom stereocenters. The molecule has 4 nitrogen and oxygen atoms in total. The van der Waals surface area contributed by atoms with E-state index in [0.717, 1.165) is 0 Å². The number of halogens is 3. The molecule has 0 aliphatic carbocycles. The molecule has 0 radical (unpaired) electrons. The first-order chi connectivity index (χ1) is 11.3. The Morgan fingerprint density at radius 2 is 1.68 bits per heavy atom. The number of hydrogen-bond donors (Lipinski definition) is 0. The van der Waals surface area contributed by atoms with Crippen LogP contribution in [0.5, 0.6) is 0 Å². The highest BCUT2D eigenvalue weighted by molar-refractivity contribution is 7.55. The van der Waals surface area contributed by atoms with Crippen LogP contribution in [0.3, 0.4) is 0 Å². The fourth-order valence-electron chi connectivity index (χ4n) is 2.49. The minimum absolute atomic E-state index is 0.118. The van der Waals surface area contributed by atoms with E-state index >= 15 is 8.78 Å². The monoisotopic (exact) mass is 414 g/mol. The third-order valence-electron chi connectivity index (χ3n) is 3.40. The zero-order valence-corrected chi connectivity index (χ0v) is 18.1. The molecule has 0 N–H and O–H groups in total. The molecule has 0 fully saturated rings. The SMILES string of the molecule is CCOP(=O)(OCC)C(F)(F)C(C)(O[Si](C)(C)C)c1cccc(Cl)c1. The van der Waals surface area contributed by atoms with Crippen molar-refractivity contribution in [1.82, 2.24) is 0 Å². The summed E-state index contributed by atoms with van der Waals surface area (Å²) in [4.78, 5) is 0. The molecule has 0 saturated heterocycles. The van der Waals surface area contributed by atoms with Gasteiger partial charge in [-0.2, -0.15) is 8.78 Å². The second kappa shape index (κ2) is 8.15. The van der Waals surface area contributed by atoms with Gasteiger partial charge in [-0.15, -0.1) is 0 Å². The van der Waals surface area contributed by atoms with Crippen LogP contribution in [-0.4, -0.2) is 27.2 Å². The van der Waals surface area contributed by atoms with E-state index in [1.165, 1.54) is 32.9 Å². The van der Waals surface area contributed by atoms with Gasteiger partial charge in [0.1, 0.15) is 0 Å². The molecule has 0 aliphatic heterocycles. The minimum Gasteiger partial charge on any atom is -0.402 e. The van der Waals surface area contributed by atoms with Crippen molar-refractivity contribution in [2.45, 2.75) is 51.7 Å². The number of hydrogen-bond acceptors (Lipinski definition) is 4. The summed E-state index contributed by atoms with van der Waals surface area (Å²) in [5.41, 5.74) is -6.02. The highest BCUT2D eigenvalue weighted by Gasteiger charge is 2.67. The van der Waals surface area contributed by atoms with Crippen LogP contribution >= 0.6 is 19.2 Å². The Morgan fingerprint density at radius 1 is 1.16 bits per heavy atom. The Balaban J connectivity index is 3.62. The molecule has 0 heterocycles. The van der Waals surface area contributed by atoms with Crippen molar-refractivity contribution < 1.29 is 26.8 Å². The molecule has 9 heteroatoms. The lowest BCUT2D eigenvalue weighted by Gasteiger charge is -2.43. The largest absolute Gasteiger partial charge is 0.403 e. The van der Waals surface area contributed by atoms with E-state index in [1.54, 1.807) is 31.8 Å². The molecule has 0 bridgehead atoms. The summed E-state index contributed by atoms with van der Waals surface area (Å²) in [7, 11) is -7.27. The maximum absolute atomic E-state index is 15.6. The van der Waals surface area contributed by atoms with Crippen LogP contribution < -0.4 is 0 Å². The smallest absolute Gasteiger partial charge is 0.402 e. The van der Waals surface area contributed by atoms with E-state index in [4.69, 9.17) is 25.1 Å². The minimum atomic E-state index is -4.79. The number of alkyl halides is 2. The first kappa shape index (κ1) is 22.7. The predicted octanol–water partition coefficient (Wildman–Crippen LogP) is 6.27. The first-order valence-corrected chi connectivity index (χ1v) is 13.4. The van der Waals surface area contributed by atoms with Crippen molar-refractivity contribution in [2.24, 2.45) is 0 Å². The van der Waals surface area contributed by atoms with Gasteiger partial charge in [-0.05, 0) is 58.1 Å². The Labute approximate surface area is 154 Å². The van der Waals surface area contributed by atoms with Gasteiger partial charge in [-0.25, -0.2) is 0 Å². The Kier molecular flexibility index (Phi) is 7.41. The Bertz CT molecular complexity index is 629. The predicted molar refractivity (Wildman–Crippen MR) is 99.0 cm³/mol. The molecule has 144 valence electrons. The van der Waals surface area contributed by atoms with Gasteiger partial charge in [0.2, 0.25) is 0 Å². The second-order valence-corrected chi connectivity index (χ2v) is 13.6. The van der Waals surface area contributed by atoms with Crippen molar-refractivity contribution in [1.29, 1.82) is 0 Å². The van der Waals surface area contributed by atoms with Crippen molar-refractivity contribution in [3.05, 3.63) is 34.9 Å². The van der Waals surface area contributed by atoms with Gasteiger partial charge in [0.05, 0.1) is 13.2 Å². The average molecular weight is 415 g/mol. The molecular formula is C16H26ClF2O4PSi. The van der Waals surface area contributed by atoms with E-state index in [9.17, 15) is 4.57 Å². The quantitative estimate of drug-likeness (QED) is 0.353. The van der Waals surface area contributed by atoms with Crippen molar-refractivity contribution in [2.75, 3.05) is 13.2 Å². The lowest BCUT2D eigenvalue weighted by molar-refractivity contribution is -0.125. The molecule has 25 heavy (non-hydrogen) atoms. The Hall–Kier alpha value is -0.303. The second-order valence-electron chi connectivity index (χ2n) is 6.63. The van der Waals surface area contributed by atoms with Crippen LogP contribution in [0.15, 0.2) is 24.3 Å². The normalized spacial score (nSPS) is 15.9. The highest BCUT2D eigenvalue weighted by Crippen LogP contribution is 2.69. The van der Waals surface area contributed by atoms with E-state index in [2.05, 4.69) is 0 Å². The van der Waals surface area contributed by atoms with Crippen LogP contribution in [0.4, 0.5) is 8.78 Å². The summed E-state index contributed by atoms with van der Waals surface area (Å²) >= 11 is 5.99. The molecule has 0 saturated carbocycles. The number of rotatable bonds is 9. The number of benzene rings is 1.